The van der Waals surface area contributed by atoms with Gasteiger partial charge in [-0.1, -0.05) is 50.1 Å². The number of nitrogens with zero attached hydrogens (tertiary/aromatic N) is 2. The lowest BCUT2D eigenvalue weighted by Gasteiger charge is -2.29. The summed E-state index contributed by atoms with van der Waals surface area (Å²) in [5, 5.41) is 0. The fraction of sp³-hybridized carbons (Fsp3) is 0.500. The molecular formula is C24H34N2O3S. The van der Waals surface area contributed by atoms with Crippen LogP contribution < -0.4 is 4.74 Å². The van der Waals surface area contributed by atoms with Gasteiger partial charge in [-0.3, -0.25) is 0 Å². The van der Waals surface area contributed by atoms with Gasteiger partial charge < -0.3 is 9.64 Å². The second kappa shape index (κ2) is 11.5. The van der Waals surface area contributed by atoms with Crippen molar-refractivity contribution in [1.29, 1.82) is 0 Å². The average Bonchev–Trinajstić information content (AvgIpc) is 2.78. The van der Waals surface area contributed by atoms with Gasteiger partial charge in [-0.15, -0.1) is 0 Å². The third-order valence-corrected chi connectivity index (χ3v) is 7.40. The highest BCUT2D eigenvalue weighted by atomic mass is 32.2. The van der Waals surface area contributed by atoms with E-state index in [1.54, 1.807) is 28.6 Å². The molecular weight excluding hydrogens is 396 g/mol. The summed E-state index contributed by atoms with van der Waals surface area (Å²) in [7, 11) is -3.59. The summed E-state index contributed by atoms with van der Waals surface area (Å²) in [6, 6.07) is 16.7. The Morgan fingerprint density at radius 1 is 0.967 bits per heavy atom. The lowest BCUT2D eigenvalue weighted by Crippen LogP contribution is -2.40. The van der Waals surface area contributed by atoms with E-state index in [1.165, 1.54) is 19.3 Å². The van der Waals surface area contributed by atoms with Crippen molar-refractivity contribution < 1.29 is 13.2 Å². The van der Waals surface area contributed by atoms with Crippen LogP contribution in [0.4, 0.5) is 0 Å². The summed E-state index contributed by atoms with van der Waals surface area (Å²) in [5.74, 6) is 0.713. The van der Waals surface area contributed by atoms with E-state index in [2.05, 4.69) is 11.8 Å². The molecule has 0 radical (unpaired) electrons. The maximum Gasteiger partial charge on any atom is 0.243 e. The van der Waals surface area contributed by atoms with Gasteiger partial charge in [0.05, 0.1) is 11.5 Å². The first-order valence-corrected chi connectivity index (χ1v) is 12.5. The molecule has 2 aromatic carbocycles. The summed E-state index contributed by atoms with van der Waals surface area (Å²) >= 11 is 0. The third-order valence-electron chi connectivity index (χ3n) is 5.54. The summed E-state index contributed by atoms with van der Waals surface area (Å²) in [5.41, 5.74) is 0.999. The van der Waals surface area contributed by atoms with Crippen LogP contribution in [-0.4, -0.2) is 50.4 Å². The average molecular weight is 431 g/mol. The highest BCUT2D eigenvalue weighted by molar-refractivity contribution is 7.89. The number of hydrogen-bond donors (Lipinski definition) is 0. The standard InChI is InChI=1S/C24H34N2O3S/c1-2-3-20-29-23-12-14-24(15-13-23)30(27,28)26(21-22-10-6-4-7-11-22)19-18-25-16-8-5-9-17-25/h4,6-7,10-15H,2-3,5,8-9,16-21H2,1H3. The summed E-state index contributed by atoms with van der Waals surface area (Å²) in [4.78, 5) is 2.70. The molecule has 164 valence electrons. The fourth-order valence-electron chi connectivity index (χ4n) is 3.70. The Bertz CT molecular complexity index is 848. The molecule has 1 aliphatic heterocycles. The molecule has 0 saturated carbocycles. The Morgan fingerprint density at radius 2 is 1.67 bits per heavy atom. The molecule has 0 bridgehead atoms. The molecule has 0 N–H and O–H groups in total. The Kier molecular flexibility index (Phi) is 8.73. The van der Waals surface area contributed by atoms with Crippen LogP contribution in [0.3, 0.4) is 0 Å². The molecule has 1 aliphatic rings. The van der Waals surface area contributed by atoms with E-state index in [4.69, 9.17) is 4.74 Å². The van der Waals surface area contributed by atoms with Gasteiger partial charge in [-0.25, -0.2) is 8.42 Å². The van der Waals surface area contributed by atoms with Crippen molar-refractivity contribution in [2.45, 2.75) is 50.5 Å². The zero-order valence-corrected chi connectivity index (χ0v) is 18.8. The lowest BCUT2D eigenvalue weighted by molar-refractivity contribution is 0.211. The van der Waals surface area contributed by atoms with E-state index < -0.39 is 10.0 Å². The van der Waals surface area contributed by atoms with Crippen LogP contribution in [0.1, 0.15) is 44.6 Å². The molecule has 1 fully saturated rings. The van der Waals surface area contributed by atoms with Gasteiger partial charge >= 0.3 is 0 Å². The van der Waals surface area contributed by atoms with Gasteiger partial charge in [0, 0.05) is 19.6 Å². The van der Waals surface area contributed by atoms with E-state index in [1.807, 2.05) is 30.3 Å². The molecule has 0 aliphatic carbocycles. The van der Waals surface area contributed by atoms with Crippen LogP contribution in [0, 0.1) is 0 Å². The zero-order valence-electron chi connectivity index (χ0n) is 18.0. The van der Waals surface area contributed by atoms with Crippen LogP contribution in [0.15, 0.2) is 59.5 Å². The maximum atomic E-state index is 13.4. The van der Waals surface area contributed by atoms with E-state index in [0.717, 1.165) is 38.0 Å². The van der Waals surface area contributed by atoms with Crippen LogP contribution in [0.2, 0.25) is 0 Å². The number of ether oxygens (including phenoxy) is 1. The summed E-state index contributed by atoms with van der Waals surface area (Å²) in [6.45, 7) is 6.52. The molecule has 1 saturated heterocycles. The van der Waals surface area contributed by atoms with Crippen molar-refractivity contribution in [3.8, 4) is 5.75 Å². The predicted octanol–water partition coefficient (Wildman–Crippen LogP) is 4.54. The molecule has 6 heteroatoms. The minimum absolute atomic E-state index is 0.319. The van der Waals surface area contributed by atoms with Crippen LogP contribution in [-0.2, 0) is 16.6 Å². The quantitative estimate of drug-likeness (QED) is 0.491. The van der Waals surface area contributed by atoms with Gasteiger partial charge in [0.25, 0.3) is 0 Å². The lowest BCUT2D eigenvalue weighted by atomic mass is 10.1. The van der Waals surface area contributed by atoms with Crippen molar-refractivity contribution >= 4 is 10.0 Å². The van der Waals surface area contributed by atoms with Gasteiger partial charge in [0.15, 0.2) is 0 Å². The normalized spacial score (nSPS) is 15.4. The molecule has 3 rings (SSSR count). The van der Waals surface area contributed by atoms with Gasteiger partial charge in [0.2, 0.25) is 10.0 Å². The molecule has 0 atom stereocenters. The van der Waals surface area contributed by atoms with Crippen molar-refractivity contribution in [3.05, 3.63) is 60.2 Å². The molecule has 2 aromatic rings. The maximum absolute atomic E-state index is 13.4. The first-order chi connectivity index (χ1) is 14.6. The fourth-order valence-corrected chi connectivity index (χ4v) is 5.12. The molecule has 0 amide bonds. The highest BCUT2D eigenvalue weighted by Gasteiger charge is 2.25. The number of sulfonamides is 1. The van der Waals surface area contributed by atoms with E-state index >= 15 is 0 Å². The van der Waals surface area contributed by atoms with Crippen molar-refractivity contribution in [1.82, 2.24) is 9.21 Å². The largest absolute Gasteiger partial charge is 0.494 e. The van der Waals surface area contributed by atoms with Crippen molar-refractivity contribution in [2.24, 2.45) is 0 Å². The molecule has 0 spiro atoms. The number of rotatable bonds is 11. The number of hydrogen-bond acceptors (Lipinski definition) is 4. The Labute approximate surface area is 181 Å². The topological polar surface area (TPSA) is 49.9 Å². The van der Waals surface area contributed by atoms with Gasteiger partial charge in [-0.2, -0.15) is 4.31 Å². The predicted molar refractivity (Wildman–Crippen MR) is 121 cm³/mol. The number of benzene rings is 2. The van der Waals surface area contributed by atoms with Gasteiger partial charge in [0.1, 0.15) is 5.75 Å². The van der Waals surface area contributed by atoms with Crippen LogP contribution in [0.5, 0.6) is 5.75 Å². The number of likely N-dealkylation sites (tertiary alicyclic amines) is 1. The number of piperidine rings is 1. The van der Waals surface area contributed by atoms with E-state index in [0.29, 0.717) is 30.3 Å². The zero-order chi connectivity index (χ0) is 21.2. The highest BCUT2D eigenvalue weighted by Crippen LogP contribution is 2.22. The number of unbranched alkanes of at least 4 members (excludes halogenated alkanes) is 1. The SMILES string of the molecule is CCCCOc1ccc(S(=O)(=O)N(CCN2CCCCC2)Cc2ccccc2)cc1. The Hall–Kier alpha value is -1.89. The van der Waals surface area contributed by atoms with E-state index in [9.17, 15) is 8.42 Å². The van der Waals surface area contributed by atoms with E-state index in [-0.39, 0.29) is 0 Å². The molecule has 30 heavy (non-hydrogen) atoms. The Morgan fingerprint density at radius 3 is 2.33 bits per heavy atom. The minimum atomic E-state index is -3.59. The second-order valence-corrected chi connectivity index (χ2v) is 9.84. The first kappa shape index (κ1) is 22.8. The molecule has 5 nitrogen and oxygen atoms in total. The van der Waals surface area contributed by atoms with Crippen molar-refractivity contribution in [2.75, 3.05) is 32.8 Å². The molecule has 0 aromatic heterocycles. The Balaban J connectivity index is 1.73. The summed E-state index contributed by atoms with van der Waals surface area (Å²) < 4.78 is 34.2. The van der Waals surface area contributed by atoms with Crippen molar-refractivity contribution in [3.63, 3.8) is 0 Å². The molecule has 0 unspecified atom stereocenters. The first-order valence-electron chi connectivity index (χ1n) is 11.1. The summed E-state index contributed by atoms with van der Waals surface area (Å²) in [6.07, 6.45) is 5.73. The van der Waals surface area contributed by atoms with Crippen LogP contribution in [0.25, 0.3) is 0 Å². The van der Waals surface area contributed by atoms with Gasteiger partial charge in [-0.05, 0) is 62.2 Å². The third kappa shape index (κ3) is 6.56. The monoisotopic (exact) mass is 430 g/mol. The molecule has 1 heterocycles. The van der Waals surface area contributed by atoms with Crippen LogP contribution >= 0.6 is 0 Å². The smallest absolute Gasteiger partial charge is 0.243 e. The second-order valence-electron chi connectivity index (χ2n) is 7.90. The minimum Gasteiger partial charge on any atom is -0.494 e.